The normalized spacial score (nSPS) is 30.0. The van der Waals surface area contributed by atoms with E-state index in [2.05, 4.69) is 20.8 Å². The van der Waals surface area contributed by atoms with Crippen LogP contribution in [0, 0.1) is 0 Å². The summed E-state index contributed by atoms with van der Waals surface area (Å²) in [5.74, 6) is -3.93. The number of hydrogen-bond donors (Lipinski definition) is 0. The van der Waals surface area contributed by atoms with E-state index in [0.717, 1.165) is 6.92 Å². The van der Waals surface area contributed by atoms with Crippen molar-refractivity contribution in [3.8, 4) is 0 Å². The van der Waals surface area contributed by atoms with Gasteiger partial charge in [-0.25, -0.2) is 0 Å². The summed E-state index contributed by atoms with van der Waals surface area (Å²) in [7, 11) is -2.15. The molecular formula is C14H26F2O4Si. The SMILES string of the molecule is CC(=O)OC1C[C@@H](O[Si](C)(C)C(C)(C)C)OC(C)C1(F)F. The standard InChI is InChI=1S/C14H26F2O4Si/c1-9-14(15,16)11(19-10(2)17)8-12(18-9)20-21(6,7)13(3,4)5/h9,11-12H,8H2,1-7H3/t9?,11?,12-/m1/s1. The molecule has 21 heavy (non-hydrogen) atoms. The van der Waals surface area contributed by atoms with Gasteiger partial charge in [-0.05, 0) is 25.1 Å². The molecule has 1 fully saturated rings. The number of hydrogen-bond acceptors (Lipinski definition) is 4. The molecular weight excluding hydrogens is 298 g/mol. The molecule has 1 heterocycles. The first-order valence-corrected chi connectivity index (χ1v) is 10.1. The summed E-state index contributed by atoms with van der Waals surface area (Å²) < 4.78 is 44.1. The van der Waals surface area contributed by atoms with Crippen molar-refractivity contribution in [1.29, 1.82) is 0 Å². The molecule has 0 aromatic rings. The minimum absolute atomic E-state index is 0.0590. The third kappa shape index (κ3) is 4.23. The molecule has 0 bridgehead atoms. The fraction of sp³-hybridized carbons (Fsp3) is 0.929. The Labute approximate surface area is 126 Å². The predicted molar refractivity (Wildman–Crippen MR) is 77.7 cm³/mol. The van der Waals surface area contributed by atoms with Gasteiger partial charge in [-0.15, -0.1) is 0 Å². The first-order valence-electron chi connectivity index (χ1n) is 7.15. The highest BCUT2D eigenvalue weighted by Crippen LogP contribution is 2.41. The molecule has 0 spiro atoms. The molecule has 7 heteroatoms. The second kappa shape index (κ2) is 5.93. The number of esters is 1. The molecule has 3 atom stereocenters. The quantitative estimate of drug-likeness (QED) is 0.586. The van der Waals surface area contributed by atoms with Gasteiger partial charge in [-0.2, -0.15) is 8.78 Å². The van der Waals surface area contributed by atoms with Crippen LogP contribution in [0.5, 0.6) is 0 Å². The average Bonchev–Trinajstić information content (AvgIpc) is 2.23. The Balaban J connectivity index is 2.86. The summed E-state index contributed by atoms with van der Waals surface area (Å²) in [6, 6.07) is 0. The van der Waals surface area contributed by atoms with E-state index >= 15 is 0 Å². The summed E-state index contributed by atoms with van der Waals surface area (Å²) in [4.78, 5) is 11.0. The Kier molecular flexibility index (Phi) is 5.23. The van der Waals surface area contributed by atoms with Gasteiger partial charge in [0.15, 0.2) is 20.7 Å². The first kappa shape index (κ1) is 18.5. The van der Waals surface area contributed by atoms with E-state index in [0.29, 0.717) is 0 Å². The van der Waals surface area contributed by atoms with Gasteiger partial charge in [-0.3, -0.25) is 4.79 Å². The topological polar surface area (TPSA) is 44.8 Å². The van der Waals surface area contributed by atoms with Crippen molar-refractivity contribution in [3.05, 3.63) is 0 Å². The summed E-state index contributed by atoms with van der Waals surface area (Å²) in [6.07, 6.45) is -3.78. The van der Waals surface area contributed by atoms with Crippen molar-refractivity contribution in [2.75, 3.05) is 0 Å². The Hall–Kier alpha value is -0.533. The van der Waals surface area contributed by atoms with E-state index in [4.69, 9.17) is 13.9 Å². The highest BCUT2D eigenvalue weighted by Gasteiger charge is 2.54. The molecule has 0 saturated carbocycles. The summed E-state index contributed by atoms with van der Waals surface area (Å²) in [5, 5.41) is -0.0590. The third-order valence-corrected chi connectivity index (χ3v) is 8.74. The minimum Gasteiger partial charge on any atom is -0.456 e. The zero-order valence-electron chi connectivity index (χ0n) is 13.8. The molecule has 1 aliphatic rings. The van der Waals surface area contributed by atoms with Crippen molar-refractivity contribution >= 4 is 14.3 Å². The largest absolute Gasteiger partial charge is 0.456 e. The maximum Gasteiger partial charge on any atom is 0.309 e. The molecule has 124 valence electrons. The summed E-state index contributed by atoms with van der Waals surface area (Å²) >= 11 is 0. The lowest BCUT2D eigenvalue weighted by atomic mass is 10.0. The Morgan fingerprint density at radius 1 is 1.33 bits per heavy atom. The molecule has 0 aromatic carbocycles. The average molecular weight is 324 g/mol. The van der Waals surface area contributed by atoms with Crippen molar-refractivity contribution < 1.29 is 27.5 Å². The van der Waals surface area contributed by atoms with Gasteiger partial charge in [0.25, 0.3) is 0 Å². The monoisotopic (exact) mass is 324 g/mol. The Morgan fingerprint density at radius 2 is 1.86 bits per heavy atom. The number of carbonyl (C=O) groups excluding carboxylic acids is 1. The second-order valence-corrected chi connectivity index (χ2v) is 11.9. The van der Waals surface area contributed by atoms with Crippen LogP contribution >= 0.6 is 0 Å². The number of alkyl halides is 2. The molecule has 2 unspecified atom stereocenters. The zero-order valence-corrected chi connectivity index (χ0v) is 14.8. The predicted octanol–water partition coefficient (Wildman–Crippen LogP) is 3.71. The van der Waals surface area contributed by atoms with Crippen LogP contribution in [0.2, 0.25) is 18.1 Å². The van der Waals surface area contributed by atoms with Gasteiger partial charge >= 0.3 is 11.9 Å². The first-order chi connectivity index (χ1) is 9.27. The van der Waals surface area contributed by atoms with Gasteiger partial charge in [-0.1, -0.05) is 20.8 Å². The van der Waals surface area contributed by atoms with Crippen LogP contribution in [0.25, 0.3) is 0 Å². The molecule has 0 N–H and O–H groups in total. The van der Waals surface area contributed by atoms with Gasteiger partial charge in [0.05, 0.1) is 0 Å². The van der Waals surface area contributed by atoms with Crippen LogP contribution in [-0.2, 0) is 18.7 Å². The Bertz CT molecular complexity index is 393. The van der Waals surface area contributed by atoms with Gasteiger partial charge in [0.1, 0.15) is 6.10 Å². The minimum atomic E-state index is -3.21. The van der Waals surface area contributed by atoms with Gasteiger partial charge < -0.3 is 13.9 Å². The van der Waals surface area contributed by atoms with Gasteiger partial charge in [0.2, 0.25) is 0 Å². The van der Waals surface area contributed by atoms with Crippen molar-refractivity contribution in [1.82, 2.24) is 0 Å². The zero-order chi connectivity index (χ0) is 16.6. The van der Waals surface area contributed by atoms with E-state index in [9.17, 15) is 13.6 Å². The number of ether oxygens (including phenoxy) is 2. The van der Waals surface area contributed by atoms with Crippen LogP contribution in [-0.4, -0.2) is 38.7 Å². The molecule has 0 radical (unpaired) electrons. The third-order valence-electron chi connectivity index (χ3n) is 4.27. The number of rotatable bonds is 3. The fourth-order valence-corrected chi connectivity index (χ4v) is 3.04. The lowest BCUT2D eigenvalue weighted by Gasteiger charge is -2.44. The molecule has 0 aromatic heterocycles. The van der Waals surface area contributed by atoms with Crippen LogP contribution in [0.3, 0.4) is 0 Å². The maximum absolute atomic E-state index is 14.0. The summed E-state index contributed by atoms with van der Waals surface area (Å²) in [6.45, 7) is 12.6. The van der Waals surface area contributed by atoms with E-state index < -0.39 is 38.7 Å². The molecule has 1 aliphatic heterocycles. The lowest BCUT2D eigenvalue weighted by Crippen LogP contribution is -2.57. The Morgan fingerprint density at radius 3 is 2.29 bits per heavy atom. The smallest absolute Gasteiger partial charge is 0.309 e. The second-order valence-electron chi connectivity index (χ2n) is 7.09. The molecule has 1 rings (SSSR count). The van der Waals surface area contributed by atoms with Crippen LogP contribution in [0.1, 0.15) is 41.0 Å². The molecule has 0 amide bonds. The number of carbonyl (C=O) groups is 1. The summed E-state index contributed by atoms with van der Waals surface area (Å²) in [5.41, 5.74) is 0. The van der Waals surface area contributed by atoms with Crippen molar-refractivity contribution in [3.63, 3.8) is 0 Å². The highest BCUT2D eigenvalue weighted by atomic mass is 28.4. The highest BCUT2D eigenvalue weighted by molar-refractivity contribution is 6.74. The number of halogens is 2. The van der Waals surface area contributed by atoms with E-state index in [-0.39, 0.29) is 11.5 Å². The van der Waals surface area contributed by atoms with Crippen molar-refractivity contribution in [2.45, 2.75) is 83.6 Å². The van der Waals surface area contributed by atoms with Gasteiger partial charge in [0, 0.05) is 13.3 Å². The van der Waals surface area contributed by atoms with Crippen LogP contribution in [0.15, 0.2) is 0 Å². The lowest BCUT2D eigenvalue weighted by molar-refractivity contribution is -0.285. The maximum atomic E-state index is 14.0. The van der Waals surface area contributed by atoms with E-state index in [1.807, 2.05) is 13.1 Å². The van der Waals surface area contributed by atoms with Crippen LogP contribution in [0.4, 0.5) is 8.78 Å². The fourth-order valence-electron chi connectivity index (χ4n) is 1.88. The van der Waals surface area contributed by atoms with E-state index in [1.165, 1.54) is 6.92 Å². The molecule has 4 nitrogen and oxygen atoms in total. The van der Waals surface area contributed by atoms with E-state index in [1.54, 1.807) is 0 Å². The molecule has 1 saturated heterocycles. The molecule has 0 aliphatic carbocycles. The van der Waals surface area contributed by atoms with Crippen LogP contribution < -0.4 is 0 Å². The van der Waals surface area contributed by atoms with Crippen molar-refractivity contribution in [2.24, 2.45) is 0 Å².